The summed E-state index contributed by atoms with van der Waals surface area (Å²) in [5, 5.41) is 13.3. The zero-order valence-electron chi connectivity index (χ0n) is 16.3. The van der Waals surface area contributed by atoms with E-state index in [9.17, 15) is 45.0 Å². The highest BCUT2D eigenvalue weighted by Gasteiger charge is 2.57. The summed E-state index contributed by atoms with van der Waals surface area (Å²) in [6, 6.07) is 2.33. The molecule has 3 heterocycles. The van der Waals surface area contributed by atoms with Crippen LogP contribution in [0, 0.1) is 0 Å². The fourth-order valence-electron chi connectivity index (χ4n) is 2.86. The second-order valence-electron chi connectivity index (χ2n) is 7.47. The SMILES string of the molecule is CC(C)(O)c1ccn2c(=O)c(-c3cnn(CC(F)(F)C(F)(F)F)c3)c(C(F)(F)F)nc2c1. The molecule has 14 heteroatoms. The molecule has 1 N–H and O–H groups in total. The first-order valence-electron chi connectivity index (χ1n) is 8.76. The third-order valence-corrected chi connectivity index (χ3v) is 4.50. The number of fused-ring (bicyclic) bond motifs is 1. The largest absolute Gasteiger partial charge is 0.455 e. The van der Waals surface area contributed by atoms with Crippen molar-refractivity contribution in [1.82, 2.24) is 19.2 Å². The Hall–Kier alpha value is -3.03. The van der Waals surface area contributed by atoms with Crippen molar-refractivity contribution in [2.24, 2.45) is 0 Å². The Balaban J connectivity index is 2.20. The van der Waals surface area contributed by atoms with Gasteiger partial charge in [0, 0.05) is 18.0 Å². The van der Waals surface area contributed by atoms with Crippen molar-refractivity contribution >= 4 is 5.65 Å². The van der Waals surface area contributed by atoms with Gasteiger partial charge in [-0.05, 0) is 31.5 Å². The number of nitrogens with zero attached hydrogens (tertiary/aromatic N) is 4. The van der Waals surface area contributed by atoms with Crippen LogP contribution in [0.15, 0.2) is 35.5 Å². The predicted molar refractivity (Wildman–Crippen MR) is 93.9 cm³/mol. The second kappa shape index (κ2) is 7.25. The molecule has 174 valence electrons. The molecule has 3 aromatic heterocycles. The van der Waals surface area contributed by atoms with Crippen LogP contribution in [0.4, 0.5) is 35.1 Å². The topological polar surface area (TPSA) is 72.4 Å². The number of hydrogen-bond donors (Lipinski definition) is 1. The summed E-state index contributed by atoms with van der Waals surface area (Å²) in [6.45, 7) is 0.733. The van der Waals surface area contributed by atoms with E-state index >= 15 is 0 Å². The number of halogens is 8. The Morgan fingerprint density at radius 3 is 2.22 bits per heavy atom. The van der Waals surface area contributed by atoms with Gasteiger partial charge < -0.3 is 5.11 Å². The zero-order chi connectivity index (χ0) is 24.3. The maximum atomic E-state index is 13.7. The molecule has 0 bridgehead atoms. The lowest BCUT2D eigenvalue weighted by atomic mass is 9.99. The monoisotopic (exact) mass is 470 g/mol. The van der Waals surface area contributed by atoms with Gasteiger partial charge in [0.05, 0.1) is 17.4 Å². The van der Waals surface area contributed by atoms with Gasteiger partial charge in [0.15, 0.2) is 5.69 Å². The maximum absolute atomic E-state index is 13.7. The van der Waals surface area contributed by atoms with Crippen molar-refractivity contribution in [2.75, 3.05) is 0 Å². The Labute approximate surface area is 173 Å². The third-order valence-electron chi connectivity index (χ3n) is 4.50. The molecule has 6 nitrogen and oxygen atoms in total. The average Bonchev–Trinajstić information content (AvgIpc) is 3.06. The molecule has 0 aliphatic heterocycles. The molecule has 32 heavy (non-hydrogen) atoms. The Bertz CT molecular complexity index is 1220. The van der Waals surface area contributed by atoms with Crippen molar-refractivity contribution in [1.29, 1.82) is 0 Å². The summed E-state index contributed by atoms with van der Waals surface area (Å²) >= 11 is 0. The van der Waals surface area contributed by atoms with E-state index in [1.165, 1.54) is 19.9 Å². The van der Waals surface area contributed by atoms with Crippen molar-refractivity contribution < 1.29 is 40.2 Å². The summed E-state index contributed by atoms with van der Waals surface area (Å²) in [5.41, 5.74) is -6.42. The van der Waals surface area contributed by atoms with Crippen LogP contribution in [0.2, 0.25) is 0 Å². The van der Waals surface area contributed by atoms with E-state index in [2.05, 4.69) is 10.1 Å². The van der Waals surface area contributed by atoms with E-state index in [0.29, 0.717) is 12.4 Å². The van der Waals surface area contributed by atoms with Gasteiger partial charge in [-0.2, -0.15) is 40.2 Å². The van der Waals surface area contributed by atoms with E-state index in [4.69, 9.17) is 0 Å². The molecule has 0 unspecified atom stereocenters. The molecule has 0 amide bonds. The predicted octanol–water partition coefficient (Wildman–Crippen LogP) is 4.00. The molecule has 0 aliphatic carbocycles. The van der Waals surface area contributed by atoms with Crippen LogP contribution in [0.5, 0.6) is 0 Å². The fraction of sp³-hybridized carbons (Fsp3) is 0.389. The van der Waals surface area contributed by atoms with E-state index in [0.717, 1.165) is 16.7 Å². The molecular formula is C18H14F8N4O2. The number of pyridine rings is 1. The van der Waals surface area contributed by atoms with Crippen LogP contribution in [-0.2, 0) is 18.3 Å². The first-order valence-corrected chi connectivity index (χ1v) is 8.76. The second-order valence-corrected chi connectivity index (χ2v) is 7.47. The van der Waals surface area contributed by atoms with Gasteiger partial charge in [-0.25, -0.2) is 4.98 Å². The number of aliphatic hydroxyl groups is 1. The van der Waals surface area contributed by atoms with E-state index < -0.39 is 58.4 Å². The maximum Gasteiger partial charge on any atom is 0.455 e. The Morgan fingerprint density at radius 2 is 1.69 bits per heavy atom. The van der Waals surface area contributed by atoms with Crippen molar-refractivity contribution in [3.8, 4) is 11.1 Å². The number of aromatic nitrogens is 4. The zero-order valence-corrected chi connectivity index (χ0v) is 16.3. The highest BCUT2D eigenvalue weighted by molar-refractivity contribution is 5.66. The van der Waals surface area contributed by atoms with E-state index in [1.807, 2.05) is 0 Å². The van der Waals surface area contributed by atoms with Crippen molar-refractivity contribution in [3.63, 3.8) is 0 Å². The van der Waals surface area contributed by atoms with Crippen LogP contribution in [-0.4, -0.2) is 36.4 Å². The normalized spacial score (nSPS) is 13.7. The van der Waals surface area contributed by atoms with Gasteiger partial charge in [-0.3, -0.25) is 13.9 Å². The summed E-state index contributed by atoms with van der Waals surface area (Å²) in [4.78, 5) is 16.2. The summed E-state index contributed by atoms with van der Waals surface area (Å²) in [5.74, 6) is -5.20. The van der Waals surface area contributed by atoms with Gasteiger partial charge in [0.25, 0.3) is 5.56 Å². The smallest absolute Gasteiger partial charge is 0.386 e. The lowest BCUT2D eigenvalue weighted by Crippen LogP contribution is -2.40. The highest BCUT2D eigenvalue weighted by Crippen LogP contribution is 2.38. The molecule has 3 aromatic rings. The minimum atomic E-state index is -5.90. The number of rotatable bonds is 4. The molecule has 0 aliphatic rings. The Kier molecular flexibility index (Phi) is 5.35. The van der Waals surface area contributed by atoms with Gasteiger partial charge in [-0.1, -0.05) is 0 Å². The van der Waals surface area contributed by atoms with Gasteiger partial charge in [0.1, 0.15) is 12.2 Å². The quantitative estimate of drug-likeness (QED) is 0.586. The molecule has 0 aromatic carbocycles. The summed E-state index contributed by atoms with van der Waals surface area (Å²) in [6.07, 6.45) is -8.98. The van der Waals surface area contributed by atoms with Crippen LogP contribution in [0.1, 0.15) is 25.1 Å². The standard InChI is InChI=1S/C18H14F8N4O2/c1-15(2,32)10-3-4-30-11(5-10)28-13(17(21,22)23)12(14(30)31)9-6-27-29(7-9)8-16(19,20)18(24,25)26/h3-7,32H,8H2,1-2H3. The first-order chi connectivity index (χ1) is 14.4. The highest BCUT2D eigenvalue weighted by atomic mass is 19.4. The van der Waals surface area contributed by atoms with Crippen LogP contribution >= 0.6 is 0 Å². The van der Waals surface area contributed by atoms with E-state index in [-0.39, 0.29) is 10.2 Å². The van der Waals surface area contributed by atoms with Gasteiger partial charge in [-0.15, -0.1) is 0 Å². The third kappa shape index (κ3) is 4.31. The van der Waals surface area contributed by atoms with Gasteiger partial charge in [0.2, 0.25) is 0 Å². The minimum absolute atomic E-state index is 0.0919. The molecule has 3 rings (SSSR count). The number of alkyl halides is 8. The van der Waals surface area contributed by atoms with E-state index in [1.54, 1.807) is 0 Å². The van der Waals surface area contributed by atoms with Crippen molar-refractivity contribution in [3.05, 3.63) is 52.3 Å². The first kappa shape index (κ1) is 23.6. The summed E-state index contributed by atoms with van der Waals surface area (Å²) in [7, 11) is 0. The molecule has 0 saturated carbocycles. The molecular weight excluding hydrogens is 456 g/mol. The van der Waals surface area contributed by atoms with Crippen LogP contribution in [0.3, 0.4) is 0 Å². The fourth-order valence-corrected chi connectivity index (χ4v) is 2.86. The van der Waals surface area contributed by atoms with Crippen molar-refractivity contribution in [2.45, 2.75) is 44.3 Å². The molecule has 0 radical (unpaired) electrons. The average molecular weight is 470 g/mol. The van der Waals surface area contributed by atoms with Crippen LogP contribution < -0.4 is 5.56 Å². The minimum Gasteiger partial charge on any atom is -0.386 e. The van der Waals surface area contributed by atoms with Gasteiger partial charge >= 0.3 is 18.3 Å². The summed E-state index contributed by atoms with van der Waals surface area (Å²) < 4.78 is 105. The lowest BCUT2D eigenvalue weighted by molar-refractivity contribution is -0.287. The lowest BCUT2D eigenvalue weighted by Gasteiger charge is -2.19. The van der Waals surface area contributed by atoms with Crippen LogP contribution in [0.25, 0.3) is 16.8 Å². The molecule has 0 spiro atoms. The number of hydrogen-bond acceptors (Lipinski definition) is 4. The molecule has 0 fully saturated rings. The molecule has 0 atom stereocenters. The Morgan fingerprint density at radius 1 is 1.06 bits per heavy atom. The molecule has 0 saturated heterocycles.